The second-order valence-electron chi connectivity index (χ2n) is 7.55. The standard InChI is InChI=1S/C24H32OSe/c1-17(2)22(18(3)4)16-15-20-11-9-10-14-23(20)24(25)19(5)26-21-12-7-6-8-13-21/h6-9,11-13,19-20,23H,1,10,14-16H2,2-5H3/t19?,20-,23+/m0/s1. The molecule has 0 bridgehead atoms. The molecule has 1 nitrogen and oxygen atoms in total. The van der Waals surface area contributed by atoms with Crippen LogP contribution in [0.15, 0.2) is 65.8 Å². The van der Waals surface area contributed by atoms with Gasteiger partial charge in [-0.25, -0.2) is 0 Å². The third-order valence-electron chi connectivity index (χ3n) is 5.21. The molecule has 0 amide bonds. The number of hydrogen-bond donors (Lipinski definition) is 0. The van der Waals surface area contributed by atoms with Gasteiger partial charge in [-0.3, -0.25) is 0 Å². The summed E-state index contributed by atoms with van der Waals surface area (Å²) in [6, 6.07) is 10.5. The number of allylic oxidation sites excluding steroid dienone is 5. The molecule has 2 heteroatoms. The minimum atomic E-state index is 0.146. The van der Waals surface area contributed by atoms with Crippen molar-refractivity contribution < 1.29 is 4.79 Å². The molecule has 0 fully saturated rings. The van der Waals surface area contributed by atoms with Crippen molar-refractivity contribution >= 4 is 25.2 Å². The molecular weight excluding hydrogens is 383 g/mol. The van der Waals surface area contributed by atoms with E-state index in [9.17, 15) is 4.79 Å². The number of rotatable bonds is 8. The summed E-state index contributed by atoms with van der Waals surface area (Å²) in [6.45, 7) is 12.7. The van der Waals surface area contributed by atoms with Gasteiger partial charge >= 0.3 is 166 Å². The number of ketones is 1. The van der Waals surface area contributed by atoms with Gasteiger partial charge in [-0.15, -0.1) is 0 Å². The van der Waals surface area contributed by atoms with Crippen LogP contribution in [0.25, 0.3) is 0 Å². The Hall–Kier alpha value is -1.37. The Labute approximate surface area is 165 Å². The summed E-state index contributed by atoms with van der Waals surface area (Å²) < 4.78 is 1.32. The van der Waals surface area contributed by atoms with Gasteiger partial charge in [-0.1, -0.05) is 0 Å². The molecule has 3 atom stereocenters. The van der Waals surface area contributed by atoms with Crippen LogP contribution in [0, 0.1) is 11.8 Å². The molecule has 0 N–H and O–H groups in total. The summed E-state index contributed by atoms with van der Waals surface area (Å²) >= 11 is 0.215. The summed E-state index contributed by atoms with van der Waals surface area (Å²) in [6.07, 6.45) is 8.68. The van der Waals surface area contributed by atoms with Crippen molar-refractivity contribution in [2.24, 2.45) is 11.8 Å². The summed E-state index contributed by atoms with van der Waals surface area (Å²) in [5.74, 6) is 1.03. The van der Waals surface area contributed by atoms with Gasteiger partial charge < -0.3 is 0 Å². The third-order valence-corrected chi connectivity index (χ3v) is 7.58. The molecule has 26 heavy (non-hydrogen) atoms. The maximum atomic E-state index is 13.2. The van der Waals surface area contributed by atoms with Crippen molar-refractivity contribution in [3.8, 4) is 0 Å². The van der Waals surface area contributed by atoms with E-state index in [4.69, 9.17) is 0 Å². The normalized spacial score (nSPS) is 20.5. The minimum absolute atomic E-state index is 0.146. The van der Waals surface area contributed by atoms with Crippen LogP contribution in [0.5, 0.6) is 0 Å². The molecule has 2 rings (SSSR count). The van der Waals surface area contributed by atoms with Gasteiger partial charge in [-0.2, -0.15) is 0 Å². The molecule has 1 aliphatic rings. The van der Waals surface area contributed by atoms with Crippen LogP contribution in [0.3, 0.4) is 0 Å². The van der Waals surface area contributed by atoms with E-state index in [0.29, 0.717) is 11.7 Å². The van der Waals surface area contributed by atoms with E-state index in [1.54, 1.807) is 0 Å². The van der Waals surface area contributed by atoms with Crippen LogP contribution < -0.4 is 4.46 Å². The molecule has 1 unspecified atom stereocenters. The summed E-state index contributed by atoms with van der Waals surface area (Å²) in [5, 5.41) is 0. The van der Waals surface area contributed by atoms with E-state index in [2.05, 4.69) is 70.7 Å². The monoisotopic (exact) mass is 416 g/mol. The van der Waals surface area contributed by atoms with Gasteiger partial charge in [0.15, 0.2) is 0 Å². The Bertz CT molecular complexity index is 679. The molecule has 1 aromatic rings. The quantitative estimate of drug-likeness (QED) is 0.304. The van der Waals surface area contributed by atoms with E-state index in [0.717, 1.165) is 31.3 Å². The second-order valence-corrected chi connectivity index (χ2v) is 10.5. The number of Topliss-reactive ketones (excluding diaryl/α,β-unsaturated/α-hetero) is 1. The average molecular weight is 415 g/mol. The molecule has 0 spiro atoms. The van der Waals surface area contributed by atoms with Gasteiger partial charge in [0, 0.05) is 0 Å². The number of carbonyl (C=O) groups is 1. The average Bonchev–Trinajstić information content (AvgIpc) is 2.62. The SMILES string of the molecule is C=C(C)C(CC[C@@H]1C=CCC[C@H]1C(=O)C(C)[Se]c1ccccc1)=C(C)C. The van der Waals surface area contributed by atoms with Crippen molar-refractivity contribution in [3.05, 3.63) is 65.8 Å². The van der Waals surface area contributed by atoms with Crippen molar-refractivity contribution in [1.29, 1.82) is 0 Å². The molecule has 1 aromatic carbocycles. The van der Waals surface area contributed by atoms with Crippen LogP contribution in [0.2, 0.25) is 4.82 Å². The Balaban J connectivity index is 2.04. The number of carbonyl (C=O) groups excluding carboxylic acids is 1. The number of hydrogen-bond acceptors (Lipinski definition) is 1. The van der Waals surface area contributed by atoms with Crippen LogP contribution in [0.4, 0.5) is 0 Å². The van der Waals surface area contributed by atoms with E-state index >= 15 is 0 Å². The Morgan fingerprint density at radius 1 is 1.23 bits per heavy atom. The molecule has 0 radical (unpaired) electrons. The van der Waals surface area contributed by atoms with E-state index in [1.165, 1.54) is 15.6 Å². The van der Waals surface area contributed by atoms with Gasteiger partial charge in [0.1, 0.15) is 0 Å². The first kappa shape index (κ1) is 20.9. The molecular formula is C24H32OSe. The van der Waals surface area contributed by atoms with Gasteiger partial charge in [-0.05, 0) is 0 Å². The van der Waals surface area contributed by atoms with Crippen LogP contribution in [-0.4, -0.2) is 20.7 Å². The predicted octanol–water partition coefficient (Wildman–Crippen LogP) is 5.67. The van der Waals surface area contributed by atoms with Crippen molar-refractivity contribution in [2.75, 3.05) is 0 Å². The van der Waals surface area contributed by atoms with Crippen molar-refractivity contribution in [1.82, 2.24) is 0 Å². The van der Waals surface area contributed by atoms with E-state index < -0.39 is 0 Å². The Morgan fingerprint density at radius 2 is 1.92 bits per heavy atom. The molecule has 0 saturated heterocycles. The first-order chi connectivity index (χ1) is 12.4. The predicted molar refractivity (Wildman–Crippen MR) is 114 cm³/mol. The molecule has 0 aliphatic heterocycles. The summed E-state index contributed by atoms with van der Waals surface area (Å²) in [7, 11) is 0. The van der Waals surface area contributed by atoms with Crippen LogP contribution >= 0.6 is 0 Å². The van der Waals surface area contributed by atoms with Crippen molar-refractivity contribution in [3.63, 3.8) is 0 Å². The zero-order chi connectivity index (χ0) is 19.1. The second kappa shape index (κ2) is 10.1. The first-order valence-electron chi connectivity index (χ1n) is 9.64. The van der Waals surface area contributed by atoms with Gasteiger partial charge in [0.2, 0.25) is 0 Å². The molecule has 0 aromatic heterocycles. The maximum absolute atomic E-state index is 13.2. The fraction of sp³-hybridized carbons (Fsp3) is 0.458. The topological polar surface area (TPSA) is 17.1 Å². The van der Waals surface area contributed by atoms with E-state index in [-0.39, 0.29) is 25.7 Å². The number of benzene rings is 1. The molecule has 140 valence electrons. The Morgan fingerprint density at radius 3 is 2.54 bits per heavy atom. The summed E-state index contributed by atoms with van der Waals surface area (Å²) in [4.78, 5) is 13.3. The molecule has 0 heterocycles. The fourth-order valence-electron chi connectivity index (χ4n) is 3.81. The van der Waals surface area contributed by atoms with Crippen LogP contribution in [0.1, 0.15) is 53.4 Å². The summed E-state index contributed by atoms with van der Waals surface area (Å²) in [5.41, 5.74) is 3.88. The fourth-order valence-corrected chi connectivity index (χ4v) is 5.94. The zero-order valence-electron chi connectivity index (χ0n) is 16.6. The first-order valence-corrected chi connectivity index (χ1v) is 11.5. The molecule has 0 saturated carbocycles. The van der Waals surface area contributed by atoms with Gasteiger partial charge in [0.05, 0.1) is 0 Å². The Kier molecular flexibility index (Phi) is 8.12. The van der Waals surface area contributed by atoms with Crippen LogP contribution in [-0.2, 0) is 4.79 Å². The van der Waals surface area contributed by atoms with Gasteiger partial charge in [0.25, 0.3) is 0 Å². The van der Waals surface area contributed by atoms with E-state index in [1.807, 2.05) is 6.07 Å². The van der Waals surface area contributed by atoms with Crippen molar-refractivity contribution in [2.45, 2.75) is 58.2 Å². The third kappa shape index (κ3) is 5.83. The molecule has 1 aliphatic carbocycles. The zero-order valence-corrected chi connectivity index (χ0v) is 18.3.